The van der Waals surface area contributed by atoms with Gasteiger partial charge in [0.05, 0.1) is 12.1 Å². The monoisotopic (exact) mass is 186 g/mol. The first-order valence-electron chi connectivity index (χ1n) is 3.72. The number of hydrogen-bond donors (Lipinski definition) is 3. The molecule has 5 nitrogen and oxygen atoms in total. The van der Waals surface area contributed by atoms with Crippen molar-refractivity contribution < 1.29 is 5.11 Å². The van der Waals surface area contributed by atoms with E-state index >= 15 is 0 Å². The van der Waals surface area contributed by atoms with Crippen LogP contribution in [-0.2, 0) is 0 Å². The Hall–Kier alpha value is -0.880. The van der Waals surface area contributed by atoms with Crippen molar-refractivity contribution in [2.75, 3.05) is 17.7 Å². The Morgan fingerprint density at radius 3 is 2.83 bits per heavy atom. The fraction of sp³-hybridized carbons (Fsp3) is 0.667. The van der Waals surface area contributed by atoms with Gasteiger partial charge < -0.3 is 16.2 Å². The summed E-state index contributed by atoms with van der Waals surface area (Å²) in [6, 6.07) is 0. The molecule has 1 aromatic rings. The predicted octanol–water partition coefficient (Wildman–Crippen LogP) is 0.0571. The van der Waals surface area contributed by atoms with Crippen LogP contribution in [0.3, 0.4) is 0 Å². The molecule has 12 heavy (non-hydrogen) atoms. The lowest BCUT2D eigenvalue weighted by atomic mass is 10.3. The van der Waals surface area contributed by atoms with Gasteiger partial charge in [-0.2, -0.15) is 9.36 Å². The first-order valence-corrected chi connectivity index (χ1v) is 4.50. The second-order valence-corrected chi connectivity index (χ2v) is 3.77. The van der Waals surface area contributed by atoms with Crippen molar-refractivity contribution in [3.63, 3.8) is 0 Å². The second-order valence-electron chi connectivity index (χ2n) is 3.02. The molecule has 1 aliphatic rings. The minimum absolute atomic E-state index is 0.133. The van der Waals surface area contributed by atoms with Gasteiger partial charge >= 0.3 is 0 Å². The number of nitrogens with one attached hydrogen (secondary N) is 1. The highest BCUT2D eigenvalue weighted by Gasteiger charge is 2.42. The maximum Gasteiger partial charge on any atom is 0.233 e. The van der Waals surface area contributed by atoms with Crippen LogP contribution >= 0.6 is 11.5 Å². The summed E-state index contributed by atoms with van der Waals surface area (Å²) in [7, 11) is 0. The maximum absolute atomic E-state index is 8.99. The summed E-state index contributed by atoms with van der Waals surface area (Å²) in [6.07, 6.45) is 1.98. The number of aromatic nitrogens is 2. The summed E-state index contributed by atoms with van der Waals surface area (Å²) in [6.45, 7) is 0.145. The topological polar surface area (TPSA) is 84.1 Å². The molecule has 0 aromatic carbocycles. The summed E-state index contributed by atoms with van der Waals surface area (Å²) in [5.74, 6) is 0.288. The number of rotatable bonds is 3. The SMILES string of the molecule is Nc1nsc(NC2(CO)CC2)n1. The molecule has 0 bridgehead atoms. The van der Waals surface area contributed by atoms with Crippen LogP contribution in [0.2, 0.25) is 0 Å². The molecule has 0 aliphatic heterocycles. The Morgan fingerprint density at radius 2 is 2.42 bits per heavy atom. The van der Waals surface area contributed by atoms with Crippen LogP contribution in [0.15, 0.2) is 0 Å². The highest BCUT2D eigenvalue weighted by atomic mass is 32.1. The lowest BCUT2D eigenvalue weighted by Crippen LogP contribution is -2.25. The highest BCUT2D eigenvalue weighted by molar-refractivity contribution is 7.09. The minimum atomic E-state index is -0.133. The first-order chi connectivity index (χ1) is 5.74. The summed E-state index contributed by atoms with van der Waals surface area (Å²) in [4.78, 5) is 3.95. The van der Waals surface area contributed by atoms with E-state index in [4.69, 9.17) is 10.8 Å². The number of hydrogen-bond acceptors (Lipinski definition) is 6. The number of anilines is 2. The van der Waals surface area contributed by atoms with Gasteiger partial charge in [0.2, 0.25) is 11.1 Å². The number of nitrogen functional groups attached to an aromatic ring is 1. The quantitative estimate of drug-likeness (QED) is 0.621. The van der Waals surface area contributed by atoms with Gasteiger partial charge in [0.1, 0.15) is 0 Å². The van der Waals surface area contributed by atoms with Crippen LogP contribution in [0.4, 0.5) is 11.1 Å². The van der Waals surface area contributed by atoms with E-state index in [0.717, 1.165) is 12.8 Å². The molecule has 1 saturated carbocycles. The fourth-order valence-electron chi connectivity index (χ4n) is 0.986. The zero-order valence-corrected chi connectivity index (χ0v) is 7.27. The summed E-state index contributed by atoms with van der Waals surface area (Å²) in [5, 5.41) is 12.8. The Bertz CT molecular complexity index is 283. The van der Waals surface area contributed by atoms with Crippen molar-refractivity contribution in [3.8, 4) is 0 Å². The normalized spacial score (nSPS) is 19.1. The van der Waals surface area contributed by atoms with E-state index in [1.807, 2.05) is 0 Å². The van der Waals surface area contributed by atoms with Gasteiger partial charge in [-0.3, -0.25) is 0 Å². The zero-order chi connectivity index (χ0) is 8.60. The smallest absolute Gasteiger partial charge is 0.233 e. The van der Waals surface area contributed by atoms with E-state index in [9.17, 15) is 0 Å². The molecule has 1 fully saturated rings. The summed E-state index contributed by atoms with van der Waals surface area (Å²) < 4.78 is 3.83. The Morgan fingerprint density at radius 1 is 1.67 bits per heavy atom. The third-order valence-electron chi connectivity index (χ3n) is 1.97. The Labute approximate surface area is 73.8 Å². The average molecular weight is 186 g/mol. The highest BCUT2D eigenvalue weighted by Crippen LogP contribution is 2.38. The molecule has 66 valence electrons. The lowest BCUT2D eigenvalue weighted by Gasteiger charge is -2.11. The number of aliphatic hydroxyl groups is 1. The van der Waals surface area contributed by atoms with E-state index in [1.54, 1.807) is 0 Å². The summed E-state index contributed by atoms with van der Waals surface area (Å²) >= 11 is 1.22. The van der Waals surface area contributed by atoms with Gasteiger partial charge in [0.25, 0.3) is 0 Å². The van der Waals surface area contributed by atoms with Crippen molar-refractivity contribution in [2.45, 2.75) is 18.4 Å². The van der Waals surface area contributed by atoms with Crippen molar-refractivity contribution in [1.29, 1.82) is 0 Å². The molecule has 6 heteroatoms. The second kappa shape index (κ2) is 2.56. The predicted molar refractivity (Wildman–Crippen MR) is 47.0 cm³/mol. The lowest BCUT2D eigenvalue weighted by molar-refractivity contribution is 0.266. The van der Waals surface area contributed by atoms with E-state index in [0.29, 0.717) is 5.13 Å². The molecule has 1 aromatic heterocycles. The molecule has 0 atom stereocenters. The van der Waals surface area contributed by atoms with E-state index < -0.39 is 0 Å². The van der Waals surface area contributed by atoms with Crippen molar-refractivity contribution >= 4 is 22.6 Å². The van der Waals surface area contributed by atoms with Gasteiger partial charge in [-0.1, -0.05) is 0 Å². The van der Waals surface area contributed by atoms with E-state index in [-0.39, 0.29) is 18.1 Å². The van der Waals surface area contributed by atoms with Gasteiger partial charge in [0.15, 0.2) is 0 Å². The first kappa shape index (κ1) is 7.75. The van der Waals surface area contributed by atoms with Gasteiger partial charge in [-0.25, -0.2) is 0 Å². The van der Waals surface area contributed by atoms with Crippen LogP contribution in [0.5, 0.6) is 0 Å². The number of nitrogens with two attached hydrogens (primary N) is 1. The standard InChI is InChI=1S/C6H10N4OS/c7-4-8-5(12-10-4)9-6(3-11)1-2-6/h11H,1-3H2,(H3,7,8,9,10). The van der Waals surface area contributed by atoms with Crippen molar-refractivity contribution in [2.24, 2.45) is 0 Å². The molecule has 0 radical (unpaired) electrons. The van der Waals surface area contributed by atoms with E-state index in [2.05, 4.69) is 14.7 Å². The largest absolute Gasteiger partial charge is 0.394 e. The summed E-state index contributed by atoms with van der Waals surface area (Å²) in [5.41, 5.74) is 5.21. The molecule has 2 rings (SSSR count). The van der Waals surface area contributed by atoms with Crippen LogP contribution in [0.25, 0.3) is 0 Å². The van der Waals surface area contributed by atoms with Crippen LogP contribution in [0, 0.1) is 0 Å². The van der Waals surface area contributed by atoms with Gasteiger partial charge in [-0.05, 0) is 12.8 Å². The Balaban J connectivity index is 2.04. The molecule has 1 heterocycles. The fourth-order valence-corrected chi connectivity index (χ4v) is 1.60. The van der Waals surface area contributed by atoms with Crippen molar-refractivity contribution in [3.05, 3.63) is 0 Å². The molecule has 0 spiro atoms. The minimum Gasteiger partial charge on any atom is -0.394 e. The van der Waals surface area contributed by atoms with Crippen LogP contribution in [0.1, 0.15) is 12.8 Å². The third kappa shape index (κ3) is 1.35. The van der Waals surface area contributed by atoms with Crippen LogP contribution in [-0.4, -0.2) is 26.6 Å². The maximum atomic E-state index is 8.99. The molecule has 4 N–H and O–H groups in total. The molecular weight excluding hydrogens is 176 g/mol. The average Bonchev–Trinajstić information content (AvgIpc) is 2.71. The number of nitrogens with zero attached hydrogens (tertiary/aromatic N) is 2. The molecular formula is C6H10N4OS. The number of aliphatic hydroxyl groups excluding tert-OH is 1. The molecule has 0 unspecified atom stereocenters. The van der Waals surface area contributed by atoms with Crippen LogP contribution < -0.4 is 11.1 Å². The Kier molecular flexibility index (Phi) is 1.66. The van der Waals surface area contributed by atoms with E-state index in [1.165, 1.54) is 11.5 Å². The van der Waals surface area contributed by atoms with Gasteiger partial charge in [0, 0.05) is 11.5 Å². The zero-order valence-electron chi connectivity index (χ0n) is 6.45. The molecule has 1 aliphatic carbocycles. The van der Waals surface area contributed by atoms with Gasteiger partial charge in [-0.15, -0.1) is 0 Å². The third-order valence-corrected chi connectivity index (χ3v) is 2.61. The van der Waals surface area contributed by atoms with Crippen molar-refractivity contribution in [1.82, 2.24) is 9.36 Å². The molecule has 0 amide bonds. The molecule has 0 saturated heterocycles.